The Hall–Kier alpha value is -2.89. The van der Waals surface area contributed by atoms with Gasteiger partial charge in [-0.2, -0.15) is 0 Å². The summed E-state index contributed by atoms with van der Waals surface area (Å²) in [5, 5.41) is 8.98. The highest BCUT2D eigenvalue weighted by molar-refractivity contribution is 6.06. The Balaban J connectivity index is 1.96. The van der Waals surface area contributed by atoms with Crippen LogP contribution in [0.25, 0.3) is 0 Å². The maximum absolute atomic E-state index is 12.4. The average molecular weight is 284 g/mol. The van der Waals surface area contributed by atoms with Crippen molar-refractivity contribution in [1.29, 1.82) is 0 Å². The second-order valence-corrected chi connectivity index (χ2v) is 4.78. The van der Waals surface area contributed by atoms with E-state index >= 15 is 0 Å². The van der Waals surface area contributed by atoms with Gasteiger partial charge in [-0.15, -0.1) is 0 Å². The molecule has 0 saturated heterocycles. The molecule has 6 nitrogen and oxygen atoms in total. The maximum atomic E-state index is 12.4. The molecule has 1 aliphatic heterocycles. The van der Waals surface area contributed by atoms with Crippen molar-refractivity contribution in [2.24, 2.45) is 0 Å². The topological polar surface area (TPSA) is 90.5 Å². The molecule has 0 atom stereocenters. The summed E-state index contributed by atoms with van der Waals surface area (Å²) in [6.45, 7) is 0.466. The Morgan fingerprint density at radius 2 is 2.00 bits per heavy atom. The van der Waals surface area contributed by atoms with E-state index in [2.05, 4.69) is 4.98 Å². The van der Waals surface area contributed by atoms with Crippen LogP contribution in [-0.4, -0.2) is 28.5 Å². The van der Waals surface area contributed by atoms with Gasteiger partial charge in [-0.25, -0.2) is 4.79 Å². The molecule has 0 aliphatic carbocycles. The molecule has 2 N–H and O–H groups in total. The van der Waals surface area contributed by atoms with Crippen LogP contribution in [0.1, 0.15) is 26.4 Å². The zero-order chi connectivity index (χ0) is 15.0. The van der Waals surface area contributed by atoms with Gasteiger partial charge in [0, 0.05) is 18.3 Å². The number of carboxylic acid groups (broad SMARTS) is 1. The largest absolute Gasteiger partial charge is 0.478 e. The normalized spacial score (nSPS) is 13.0. The smallest absolute Gasteiger partial charge is 0.335 e. The Bertz CT molecular complexity index is 794. The number of amides is 1. The summed E-state index contributed by atoms with van der Waals surface area (Å²) >= 11 is 0. The first-order valence-electron chi connectivity index (χ1n) is 6.44. The van der Waals surface area contributed by atoms with Gasteiger partial charge in [0.25, 0.3) is 5.91 Å². The molecule has 1 aliphatic rings. The van der Waals surface area contributed by atoms with Crippen molar-refractivity contribution < 1.29 is 14.7 Å². The summed E-state index contributed by atoms with van der Waals surface area (Å²) in [6.07, 6.45) is 0.596. The molecule has 0 bridgehead atoms. The van der Waals surface area contributed by atoms with Crippen molar-refractivity contribution in [3.63, 3.8) is 0 Å². The molecule has 3 rings (SSSR count). The molecule has 2 aromatic rings. The molecular weight excluding hydrogens is 272 g/mol. The molecule has 1 amide bonds. The molecule has 2 heterocycles. The van der Waals surface area contributed by atoms with Crippen molar-refractivity contribution >= 4 is 17.6 Å². The second-order valence-electron chi connectivity index (χ2n) is 4.78. The monoisotopic (exact) mass is 284 g/mol. The highest BCUT2D eigenvalue weighted by Crippen LogP contribution is 2.29. The molecular formula is C15H12N2O4. The van der Waals surface area contributed by atoms with Gasteiger partial charge in [-0.1, -0.05) is 6.07 Å². The summed E-state index contributed by atoms with van der Waals surface area (Å²) in [4.78, 5) is 38.7. The minimum absolute atomic E-state index is 0.205. The van der Waals surface area contributed by atoms with Crippen LogP contribution in [0.3, 0.4) is 0 Å². The van der Waals surface area contributed by atoms with Crippen molar-refractivity contribution in [3.8, 4) is 0 Å². The van der Waals surface area contributed by atoms with E-state index in [0.29, 0.717) is 18.7 Å². The van der Waals surface area contributed by atoms with Crippen molar-refractivity contribution in [1.82, 2.24) is 4.98 Å². The Labute approximate surface area is 119 Å². The van der Waals surface area contributed by atoms with Crippen LogP contribution in [0.2, 0.25) is 0 Å². The first-order valence-corrected chi connectivity index (χ1v) is 6.44. The zero-order valence-electron chi connectivity index (χ0n) is 11.0. The lowest BCUT2D eigenvalue weighted by atomic mass is 10.1. The van der Waals surface area contributed by atoms with Crippen LogP contribution in [-0.2, 0) is 6.42 Å². The number of pyridine rings is 1. The van der Waals surface area contributed by atoms with E-state index in [1.54, 1.807) is 23.1 Å². The minimum Gasteiger partial charge on any atom is -0.478 e. The van der Waals surface area contributed by atoms with Gasteiger partial charge < -0.3 is 15.0 Å². The van der Waals surface area contributed by atoms with E-state index in [-0.39, 0.29) is 22.7 Å². The number of carbonyl (C=O) groups is 2. The van der Waals surface area contributed by atoms with Crippen LogP contribution in [0.15, 0.2) is 41.2 Å². The third kappa shape index (κ3) is 2.31. The molecule has 6 heteroatoms. The third-order valence-corrected chi connectivity index (χ3v) is 3.47. The molecule has 0 fully saturated rings. The van der Waals surface area contributed by atoms with E-state index < -0.39 is 5.97 Å². The number of aromatic nitrogens is 1. The lowest BCUT2D eigenvalue weighted by Gasteiger charge is -2.17. The van der Waals surface area contributed by atoms with Gasteiger partial charge in [0.2, 0.25) is 5.56 Å². The molecule has 21 heavy (non-hydrogen) atoms. The number of anilines is 1. The number of hydrogen-bond acceptors (Lipinski definition) is 3. The third-order valence-electron chi connectivity index (χ3n) is 3.47. The van der Waals surface area contributed by atoms with Crippen LogP contribution in [0.4, 0.5) is 5.69 Å². The number of aromatic carboxylic acids is 1. The Morgan fingerprint density at radius 1 is 1.19 bits per heavy atom. The second kappa shape index (κ2) is 4.90. The lowest BCUT2D eigenvalue weighted by molar-refractivity contribution is 0.0696. The van der Waals surface area contributed by atoms with Crippen LogP contribution < -0.4 is 10.5 Å². The number of fused-ring (bicyclic) bond motifs is 1. The summed E-state index contributed by atoms with van der Waals surface area (Å²) in [6, 6.07) is 9.10. The summed E-state index contributed by atoms with van der Waals surface area (Å²) in [5.74, 6) is -1.29. The highest BCUT2D eigenvalue weighted by atomic mass is 16.4. The molecule has 1 aromatic heterocycles. The quantitative estimate of drug-likeness (QED) is 0.869. The van der Waals surface area contributed by atoms with Gasteiger partial charge in [-0.05, 0) is 36.2 Å². The zero-order valence-corrected chi connectivity index (χ0v) is 11.0. The van der Waals surface area contributed by atoms with Gasteiger partial charge in [0.1, 0.15) is 5.69 Å². The fourth-order valence-corrected chi connectivity index (χ4v) is 2.46. The first kappa shape index (κ1) is 13.1. The first-order chi connectivity index (χ1) is 10.1. The fourth-order valence-electron chi connectivity index (χ4n) is 2.46. The standard InChI is InChI=1S/C15H12N2O4/c18-13-3-1-2-11(16-13)14(19)17-7-6-9-8-10(15(20)21)4-5-12(9)17/h1-5,8H,6-7H2,(H,16,18)(H,20,21). The number of H-pyrrole nitrogens is 1. The van der Waals surface area contributed by atoms with Gasteiger partial charge in [0.05, 0.1) is 5.56 Å². The molecule has 1 aromatic carbocycles. The van der Waals surface area contributed by atoms with Crippen molar-refractivity contribution in [3.05, 3.63) is 63.6 Å². The van der Waals surface area contributed by atoms with E-state index in [1.807, 2.05) is 0 Å². The van der Waals surface area contributed by atoms with Gasteiger partial charge in [0.15, 0.2) is 0 Å². The van der Waals surface area contributed by atoms with Crippen LogP contribution in [0.5, 0.6) is 0 Å². The summed E-state index contributed by atoms with van der Waals surface area (Å²) < 4.78 is 0. The maximum Gasteiger partial charge on any atom is 0.335 e. The summed E-state index contributed by atoms with van der Waals surface area (Å²) in [7, 11) is 0. The summed E-state index contributed by atoms with van der Waals surface area (Å²) in [5.41, 5.74) is 1.60. The SMILES string of the molecule is O=C(O)c1ccc2c(c1)CCN2C(=O)c1cccc(=O)[nH]1. The average Bonchev–Trinajstić information content (AvgIpc) is 2.89. The van der Waals surface area contributed by atoms with E-state index in [4.69, 9.17) is 5.11 Å². The number of benzene rings is 1. The number of rotatable bonds is 2. The van der Waals surface area contributed by atoms with Gasteiger partial charge >= 0.3 is 5.97 Å². The Kier molecular flexibility index (Phi) is 3.06. The molecule has 0 saturated carbocycles. The number of carboxylic acids is 1. The Morgan fingerprint density at radius 3 is 2.71 bits per heavy atom. The lowest BCUT2D eigenvalue weighted by Crippen LogP contribution is -2.30. The number of hydrogen-bond donors (Lipinski definition) is 2. The molecule has 0 unspecified atom stereocenters. The predicted octanol–water partition coefficient (Wildman–Crippen LogP) is 1.28. The van der Waals surface area contributed by atoms with Crippen LogP contribution in [0, 0.1) is 0 Å². The molecule has 106 valence electrons. The fraction of sp³-hybridized carbons (Fsp3) is 0.133. The number of nitrogens with zero attached hydrogens (tertiary/aromatic N) is 1. The number of aromatic amines is 1. The van der Waals surface area contributed by atoms with E-state index in [1.165, 1.54) is 18.2 Å². The van der Waals surface area contributed by atoms with Crippen molar-refractivity contribution in [2.75, 3.05) is 11.4 Å². The highest BCUT2D eigenvalue weighted by Gasteiger charge is 2.26. The number of carbonyl (C=O) groups excluding carboxylic acids is 1. The van der Waals surface area contributed by atoms with Gasteiger partial charge in [-0.3, -0.25) is 9.59 Å². The molecule has 0 spiro atoms. The number of nitrogens with one attached hydrogen (secondary N) is 1. The van der Waals surface area contributed by atoms with Crippen LogP contribution >= 0.6 is 0 Å². The van der Waals surface area contributed by atoms with Crippen molar-refractivity contribution in [2.45, 2.75) is 6.42 Å². The van der Waals surface area contributed by atoms with E-state index in [9.17, 15) is 14.4 Å². The minimum atomic E-state index is -0.991. The predicted molar refractivity (Wildman–Crippen MR) is 75.8 cm³/mol. The molecule has 0 radical (unpaired) electrons. The van der Waals surface area contributed by atoms with E-state index in [0.717, 1.165) is 5.56 Å².